The minimum atomic E-state index is -1.35. The topological polar surface area (TPSA) is 148 Å². The maximum atomic E-state index is 13.3. The van der Waals surface area contributed by atoms with E-state index in [1.165, 1.54) is 6.07 Å². The van der Waals surface area contributed by atoms with Crippen LogP contribution >= 0.6 is 0 Å². The van der Waals surface area contributed by atoms with Crippen LogP contribution in [0.5, 0.6) is 5.75 Å². The monoisotopic (exact) mass is 441 g/mol. The van der Waals surface area contributed by atoms with Gasteiger partial charge in [-0.15, -0.1) is 0 Å². The van der Waals surface area contributed by atoms with Gasteiger partial charge in [-0.2, -0.15) is 0 Å². The van der Waals surface area contributed by atoms with Gasteiger partial charge < -0.3 is 20.8 Å². The molecule has 0 spiro atoms. The molecule has 0 bridgehead atoms. The lowest BCUT2D eigenvalue weighted by molar-refractivity contribution is -0.140. The quantitative estimate of drug-likeness (QED) is 0.263. The molecule has 1 aliphatic rings. The molecule has 2 aromatic rings. The van der Waals surface area contributed by atoms with Gasteiger partial charge in [0.1, 0.15) is 11.8 Å². The molecule has 170 valence electrons. The van der Waals surface area contributed by atoms with Crippen molar-refractivity contribution in [2.24, 2.45) is 5.92 Å². The van der Waals surface area contributed by atoms with E-state index in [4.69, 9.17) is 0 Å². The summed E-state index contributed by atoms with van der Waals surface area (Å²) in [6.07, 6.45) is -0.540. The zero-order valence-electron chi connectivity index (χ0n) is 17.6. The minimum Gasteiger partial charge on any atom is -0.508 e. The van der Waals surface area contributed by atoms with Gasteiger partial charge in [0.2, 0.25) is 17.7 Å². The largest absolute Gasteiger partial charge is 0.508 e. The molecule has 4 atom stereocenters. The Hall–Kier alpha value is -3.43. The van der Waals surface area contributed by atoms with Gasteiger partial charge >= 0.3 is 0 Å². The van der Waals surface area contributed by atoms with E-state index in [2.05, 4.69) is 10.6 Å². The van der Waals surface area contributed by atoms with Crippen molar-refractivity contribution in [2.75, 3.05) is 0 Å². The molecular formula is C23H27N3O6. The highest BCUT2D eigenvalue weighted by atomic mass is 16.5. The van der Waals surface area contributed by atoms with Gasteiger partial charge in [0, 0.05) is 12.8 Å². The fraction of sp³-hybridized carbons (Fsp3) is 0.348. The second kappa shape index (κ2) is 10.3. The SMILES string of the molecule is CCC(=O)N[C@@H](C(=O)N[C@H]1c2ccccc2C[C@@H]1O)[C@H](Cc1ccccc1O)C(=O)NO. The lowest BCUT2D eigenvalue weighted by atomic mass is 9.89. The molecule has 1 aliphatic carbocycles. The van der Waals surface area contributed by atoms with E-state index in [0.29, 0.717) is 12.0 Å². The maximum Gasteiger partial charge on any atom is 0.249 e. The molecule has 0 heterocycles. The van der Waals surface area contributed by atoms with E-state index in [1.54, 1.807) is 42.7 Å². The Balaban J connectivity index is 1.90. The van der Waals surface area contributed by atoms with Crippen LogP contribution in [-0.2, 0) is 27.2 Å². The molecule has 3 amide bonds. The first-order chi connectivity index (χ1) is 15.3. The molecule has 0 saturated carbocycles. The second-order valence-corrected chi connectivity index (χ2v) is 7.77. The molecule has 0 fully saturated rings. The number of aromatic hydroxyl groups is 1. The number of fused-ring (bicyclic) bond motifs is 1. The number of hydroxylamine groups is 1. The second-order valence-electron chi connectivity index (χ2n) is 7.77. The minimum absolute atomic E-state index is 0.0721. The number of phenolic OH excluding ortho intramolecular Hbond substituents is 1. The Bertz CT molecular complexity index is 995. The number of hydrogen-bond acceptors (Lipinski definition) is 6. The van der Waals surface area contributed by atoms with Crippen LogP contribution in [0, 0.1) is 5.92 Å². The summed E-state index contributed by atoms with van der Waals surface area (Å²) in [4.78, 5) is 38.0. The smallest absolute Gasteiger partial charge is 0.249 e. The average Bonchev–Trinajstić information content (AvgIpc) is 3.11. The number of aliphatic hydroxyl groups excluding tert-OH is 1. The lowest BCUT2D eigenvalue weighted by Gasteiger charge is -2.28. The molecule has 9 nitrogen and oxygen atoms in total. The molecule has 9 heteroatoms. The number of amides is 3. The first-order valence-corrected chi connectivity index (χ1v) is 10.4. The summed E-state index contributed by atoms with van der Waals surface area (Å²) in [6, 6.07) is 11.5. The average molecular weight is 441 g/mol. The number of benzene rings is 2. The predicted molar refractivity (Wildman–Crippen MR) is 114 cm³/mol. The Labute approximate surface area is 185 Å². The van der Waals surface area contributed by atoms with Gasteiger partial charge in [0.25, 0.3) is 0 Å². The lowest BCUT2D eigenvalue weighted by Crippen LogP contribution is -2.56. The normalized spacial score (nSPS) is 18.8. The molecule has 0 aromatic heterocycles. The molecule has 6 N–H and O–H groups in total. The van der Waals surface area contributed by atoms with Crippen molar-refractivity contribution in [3.05, 3.63) is 65.2 Å². The predicted octanol–water partition coefficient (Wildman–Crippen LogP) is 0.726. The fourth-order valence-electron chi connectivity index (χ4n) is 3.98. The fourth-order valence-corrected chi connectivity index (χ4v) is 3.98. The van der Waals surface area contributed by atoms with Crippen LogP contribution in [0.1, 0.15) is 36.1 Å². The third kappa shape index (κ3) is 5.06. The van der Waals surface area contributed by atoms with Gasteiger partial charge in [-0.3, -0.25) is 19.6 Å². The Morgan fingerprint density at radius 2 is 1.75 bits per heavy atom. The van der Waals surface area contributed by atoms with E-state index in [0.717, 1.165) is 11.1 Å². The zero-order valence-corrected chi connectivity index (χ0v) is 17.6. The van der Waals surface area contributed by atoms with Gasteiger partial charge in [-0.25, -0.2) is 5.48 Å². The number of nitrogens with one attached hydrogen (secondary N) is 3. The van der Waals surface area contributed by atoms with Crippen molar-refractivity contribution >= 4 is 17.7 Å². The summed E-state index contributed by atoms with van der Waals surface area (Å²) in [6.45, 7) is 1.60. The van der Waals surface area contributed by atoms with Crippen LogP contribution in [0.2, 0.25) is 0 Å². The number of hydrogen-bond donors (Lipinski definition) is 6. The Morgan fingerprint density at radius 1 is 1.06 bits per heavy atom. The van der Waals surface area contributed by atoms with Crippen LogP contribution in [0.3, 0.4) is 0 Å². The summed E-state index contributed by atoms with van der Waals surface area (Å²) in [5.74, 6) is -3.35. The molecule has 0 saturated heterocycles. The molecule has 32 heavy (non-hydrogen) atoms. The van der Waals surface area contributed by atoms with Crippen molar-refractivity contribution in [1.29, 1.82) is 0 Å². The number of carbonyl (C=O) groups excluding carboxylic acids is 3. The summed E-state index contributed by atoms with van der Waals surface area (Å²) in [5, 5.41) is 35.2. The highest BCUT2D eigenvalue weighted by molar-refractivity contribution is 5.93. The van der Waals surface area contributed by atoms with Crippen LogP contribution in [-0.4, -0.2) is 45.3 Å². The molecule has 0 unspecified atom stereocenters. The summed E-state index contributed by atoms with van der Waals surface area (Å²) >= 11 is 0. The maximum absolute atomic E-state index is 13.3. The van der Waals surface area contributed by atoms with Crippen molar-refractivity contribution < 1.29 is 29.8 Å². The third-order valence-corrected chi connectivity index (χ3v) is 5.70. The van der Waals surface area contributed by atoms with E-state index < -0.39 is 41.8 Å². The van der Waals surface area contributed by atoms with Gasteiger partial charge in [0.15, 0.2) is 0 Å². The standard InChI is InChI=1S/C23H27N3O6/c1-2-19(29)24-21(16(22(30)26-32)11-14-8-4-6-10-17(14)27)23(31)25-20-15-9-5-3-7-13(15)12-18(20)28/h3-10,16,18,20-21,27-28,32H,2,11-12H2,1H3,(H,24,29)(H,25,31)(H,26,30)/t16-,18-,20-,21+/m0/s1. The first kappa shape index (κ1) is 23.2. The molecule has 3 rings (SSSR count). The van der Waals surface area contributed by atoms with Gasteiger partial charge in [0.05, 0.1) is 18.1 Å². The van der Waals surface area contributed by atoms with E-state index in [-0.39, 0.29) is 18.6 Å². The summed E-state index contributed by atoms with van der Waals surface area (Å²) in [7, 11) is 0. The van der Waals surface area contributed by atoms with E-state index >= 15 is 0 Å². The molecule has 0 radical (unpaired) electrons. The number of carbonyl (C=O) groups is 3. The van der Waals surface area contributed by atoms with E-state index in [1.807, 2.05) is 12.1 Å². The number of rotatable bonds is 8. The van der Waals surface area contributed by atoms with Gasteiger partial charge in [-0.05, 0) is 29.2 Å². The first-order valence-electron chi connectivity index (χ1n) is 10.4. The Kier molecular flexibility index (Phi) is 7.45. The summed E-state index contributed by atoms with van der Waals surface area (Å²) < 4.78 is 0. The molecular weight excluding hydrogens is 414 g/mol. The third-order valence-electron chi connectivity index (χ3n) is 5.70. The molecule has 0 aliphatic heterocycles. The van der Waals surface area contributed by atoms with Crippen LogP contribution < -0.4 is 16.1 Å². The van der Waals surface area contributed by atoms with Crippen LogP contribution in [0.15, 0.2) is 48.5 Å². The molecule has 2 aromatic carbocycles. The van der Waals surface area contributed by atoms with E-state index in [9.17, 15) is 29.8 Å². The van der Waals surface area contributed by atoms with Gasteiger partial charge in [-0.1, -0.05) is 49.4 Å². The number of phenols is 1. The highest BCUT2D eigenvalue weighted by Gasteiger charge is 2.39. The number of para-hydroxylation sites is 1. The van der Waals surface area contributed by atoms with Crippen molar-refractivity contribution in [3.8, 4) is 5.75 Å². The van der Waals surface area contributed by atoms with Crippen LogP contribution in [0.25, 0.3) is 0 Å². The highest BCUT2D eigenvalue weighted by Crippen LogP contribution is 2.31. The van der Waals surface area contributed by atoms with Crippen molar-refractivity contribution in [3.63, 3.8) is 0 Å². The van der Waals surface area contributed by atoms with Crippen molar-refractivity contribution in [2.45, 2.75) is 44.4 Å². The van der Waals surface area contributed by atoms with Crippen molar-refractivity contribution in [1.82, 2.24) is 16.1 Å². The van der Waals surface area contributed by atoms with Crippen LogP contribution in [0.4, 0.5) is 0 Å². The number of aliphatic hydroxyl groups is 1. The Morgan fingerprint density at radius 3 is 2.44 bits per heavy atom. The summed E-state index contributed by atoms with van der Waals surface area (Å²) in [5.41, 5.74) is 3.58. The zero-order chi connectivity index (χ0) is 23.3.